The van der Waals surface area contributed by atoms with Gasteiger partial charge in [-0.15, -0.1) is 0 Å². The first-order valence-electron chi connectivity index (χ1n) is 4.63. The van der Waals surface area contributed by atoms with Crippen molar-refractivity contribution in [2.45, 2.75) is 26.2 Å². The second kappa shape index (κ2) is 3.40. The van der Waals surface area contributed by atoms with Gasteiger partial charge in [-0.25, -0.2) is 4.79 Å². The van der Waals surface area contributed by atoms with Crippen LogP contribution in [0.4, 0.5) is 0 Å². The number of ether oxygens (including phenoxy) is 1. The van der Waals surface area contributed by atoms with Crippen LogP contribution < -0.4 is 0 Å². The van der Waals surface area contributed by atoms with Gasteiger partial charge in [-0.2, -0.15) is 4.98 Å². The molecule has 14 heavy (non-hydrogen) atoms. The first-order chi connectivity index (χ1) is 6.70. The summed E-state index contributed by atoms with van der Waals surface area (Å²) in [4.78, 5) is 14.8. The third kappa shape index (κ3) is 2.10. The van der Waals surface area contributed by atoms with E-state index in [1.807, 2.05) is 0 Å². The number of rotatable bonds is 4. The number of hydrogen-bond acceptors (Lipinski definition) is 5. The molecule has 1 aliphatic carbocycles. The molecular formula is C9H12N2O3. The van der Waals surface area contributed by atoms with Crippen LogP contribution in [0.1, 0.15) is 36.8 Å². The topological polar surface area (TPSA) is 65.2 Å². The van der Waals surface area contributed by atoms with Gasteiger partial charge in [0.05, 0.1) is 6.61 Å². The van der Waals surface area contributed by atoms with Gasteiger partial charge >= 0.3 is 5.97 Å². The number of hydrogen-bond donors (Lipinski definition) is 0. The Morgan fingerprint density at radius 3 is 3.07 bits per heavy atom. The van der Waals surface area contributed by atoms with Crippen molar-refractivity contribution in [1.29, 1.82) is 0 Å². The van der Waals surface area contributed by atoms with E-state index in [4.69, 9.17) is 4.74 Å². The highest BCUT2D eigenvalue weighted by molar-refractivity contribution is 5.84. The summed E-state index contributed by atoms with van der Waals surface area (Å²) < 4.78 is 9.41. The van der Waals surface area contributed by atoms with E-state index in [0.29, 0.717) is 12.0 Å². The minimum absolute atomic E-state index is 0.00838. The van der Waals surface area contributed by atoms with Crippen molar-refractivity contribution in [3.8, 4) is 0 Å². The Hall–Kier alpha value is -1.39. The zero-order valence-electron chi connectivity index (χ0n) is 8.02. The Kier molecular flexibility index (Phi) is 2.23. The highest BCUT2D eigenvalue weighted by atomic mass is 16.5. The van der Waals surface area contributed by atoms with E-state index in [2.05, 4.69) is 21.6 Å². The van der Waals surface area contributed by atoms with E-state index in [-0.39, 0.29) is 5.82 Å². The second-order valence-electron chi connectivity index (χ2n) is 3.95. The van der Waals surface area contributed by atoms with Crippen LogP contribution >= 0.6 is 0 Å². The fraction of sp³-hybridized carbons (Fsp3) is 0.667. The summed E-state index contributed by atoms with van der Waals surface area (Å²) in [5.41, 5.74) is 0.400. The van der Waals surface area contributed by atoms with Crippen LogP contribution in [-0.4, -0.2) is 22.7 Å². The van der Waals surface area contributed by atoms with Gasteiger partial charge in [0.2, 0.25) is 6.39 Å². The molecule has 0 saturated heterocycles. The normalized spacial score (nSPS) is 17.8. The van der Waals surface area contributed by atoms with Crippen LogP contribution in [0.3, 0.4) is 0 Å². The zero-order valence-corrected chi connectivity index (χ0v) is 8.02. The molecule has 1 heterocycles. The maximum atomic E-state index is 11.2. The minimum atomic E-state index is -0.511. The molecule has 0 N–H and O–H groups in total. The van der Waals surface area contributed by atoms with Gasteiger partial charge in [0.25, 0.3) is 5.82 Å². The predicted molar refractivity (Wildman–Crippen MR) is 46.5 cm³/mol. The Morgan fingerprint density at radius 2 is 2.50 bits per heavy atom. The molecule has 1 aliphatic rings. The average molecular weight is 196 g/mol. The van der Waals surface area contributed by atoms with Crippen LogP contribution in [-0.2, 0) is 4.74 Å². The molecule has 5 heteroatoms. The van der Waals surface area contributed by atoms with Crippen molar-refractivity contribution in [2.24, 2.45) is 5.41 Å². The highest BCUT2D eigenvalue weighted by Crippen LogP contribution is 2.47. The summed E-state index contributed by atoms with van der Waals surface area (Å²) in [5, 5.41) is 3.39. The van der Waals surface area contributed by atoms with Gasteiger partial charge in [-0.05, 0) is 24.7 Å². The lowest BCUT2D eigenvalue weighted by atomic mass is 10.1. The van der Waals surface area contributed by atoms with Crippen molar-refractivity contribution in [3.05, 3.63) is 12.2 Å². The summed E-state index contributed by atoms with van der Waals surface area (Å²) in [6.07, 6.45) is 4.48. The van der Waals surface area contributed by atoms with E-state index in [9.17, 15) is 4.79 Å². The number of carbonyl (C=O) groups is 1. The fourth-order valence-corrected chi connectivity index (χ4v) is 1.18. The summed E-state index contributed by atoms with van der Waals surface area (Å²) in [7, 11) is 0. The van der Waals surface area contributed by atoms with E-state index in [0.717, 1.165) is 12.8 Å². The summed E-state index contributed by atoms with van der Waals surface area (Å²) >= 11 is 0. The average Bonchev–Trinajstić information content (AvgIpc) is 2.72. The summed E-state index contributed by atoms with van der Waals surface area (Å²) in [5.74, 6) is -0.519. The molecule has 0 unspecified atom stereocenters. The number of nitrogens with zero attached hydrogens (tertiary/aromatic N) is 2. The molecule has 76 valence electrons. The first kappa shape index (κ1) is 9.18. The predicted octanol–water partition coefficient (Wildman–Crippen LogP) is 1.42. The molecule has 1 aromatic rings. The molecule has 1 saturated carbocycles. The Morgan fingerprint density at radius 1 is 1.71 bits per heavy atom. The van der Waals surface area contributed by atoms with E-state index < -0.39 is 5.97 Å². The molecule has 0 aromatic carbocycles. The van der Waals surface area contributed by atoms with Crippen molar-refractivity contribution in [1.82, 2.24) is 10.1 Å². The smallest absolute Gasteiger partial charge is 0.379 e. The highest BCUT2D eigenvalue weighted by Gasteiger charge is 2.36. The maximum Gasteiger partial charge on any atom is 0.379 e. The van der Waals surface area contributed by atoms with Gasteiger partial charge < -0.3 is 9.26 Å². The van der Waals surface area contributed by atoms with Gasteiger partial charge in [0, 0.05) is 0 Å². The lowest BCUT2D eigenvalue weighted by Gasteiger charge is -2.06. The van der Waals surface area contributed by atoms with Crippen LogP contribution in [0, 0.1) is 5.41 Å². The van der Waals surface area contributed by atoms with Crippen LogP contribution in [0.25, 0.3) is 0 Å². The van der Waals surface area contributed by atoms with Gasteiger partial charge in [0.1, 0.15) is 0 Å². The molecule has 0 amide bonds. The molecule has 0 aliphatic heterocycles. The Bertz CT molecular complexity index is 317. The van der Waals surface area contributed by atoms with Crippen molar-refractivity contribution >= 4 is 5.97 Å². The SMILES string of the molecule is CC1(CCOC(=O)c2ncon2)CC1. The molecule has 5 nitrogen and oxygen atoms in total. The molecule has 1 fully saturated rings. The Balaban J connectivity index is 1.73. The van der Waals surface area contributed by atoms with Gasteiger partial charge in [-0.3, -0.25) is 0 Å². The van der Waals surface area contributed by atoms with Crippen molar-refractivity contribution < 1.29 is 14.1 Å². The molecular weight excluding hydrogens is 184 g/mol. The third-order valence-corrected chi connectivity index (χ3v) is 2.59. The lowest BCUT2D eigenvalue weighted by molar-refractivity contribution is 0.0463. The van der Waals surface area contributed by atoms with E-state index >= 15 is 0 Å². The zero-order chi connectivity index (χ0) is 10.0. The van der Waals surface area contributed by atoms with Gasteiger partial charge in [-0.1, -0.05) is 12.1 Å². The third-order valence-electron chi connectivity index (χ3n) is 2.59. The van der Waals surface area contributed by atoms with Gasteiger partial charge in [0.15, 0.2) is 0 Å². The molecule has 0 radical (unpaired) electrons. The molecule has 0 bridgehead atoms. The monoisotopic (exact) mass is 196 g/mol. The van der Waals surface area contributed by atoms with E-state index in [1.54, 1.807) is 0 Å². The number of esters is 1. The minimum Gasteiger partial charge on any atom is -0.460 e. The van der Waals surface area contributed by atoms with Crippen LogP contribution in [0.5, 0.6) is 0 Å². The Labute approximate surface area is 81.4 Å². The van der Waals surface area contributed by atoms with Crippen LogP contribution in [0.15, 0.2) is 10.9 Å². The maximum absolute atomic E-state index is 11.2. The molecule has 0 spiro atoms. The van der Waals surface area contributed by atoms with Crippen molar-refractivity contribution in [2.75, 3.05) is 6.61 Å². The summed E-state index contributed by atoms with van der Waals surface area (Å²) in [6.45, 7) is 2.62. The van der Waals surface area contributed by atoms with Crippen molar-refractivity contribution in [3.63, 3.8) is 0 Å². The summed E-state index contributed by atoms with van der Waals surface area (Å²) in [6, 6.07) is 0. The second-order valence-corrected chi connectivity index (χ2v) is 3.95. The largest absolute Gasteiger partial charge is 0.460 e. The number of carbonyl (C=O) groups excluding carboxylic acids is 1. The quantitative estimate of drug-likeness (QED) is 0.681. The molecule has 0 atom stereocenters. The number of aromatic nitrogens is 2. The van der Waals surface area contributed by atoms with E-state index in [1.165, 1.54) is 12.8 Å². The molecule has 1 aromatic heterocycles. The standard InChI is InChI=1S/C9H12N2O3/c1-9(2-3-9)4-5-13-8(12)7-10-6-14-11-7/h6H,2-5H2,1H3. The first-order valence-corrected chi connectivity index (χ1v) is 4.63. The lowest BCUT2D eigenvalue weighted by Crippen LogP contribution is -2.10. The molecule has 2 rings (SSSR count). The fourth-order valence-electron chi connectivity index (χ4n) is 1.18. The van der Waals surface area contributed by atoms with Crippen LogP contribution in [0.2, 0.25) is 0 Å².